The zero-order chi connectivity index (χ0) is 20.5. The Hall–Kier alpha value is -2.34. The molecule has 3 atom stereocenters. The molecule has 1 fully saturated rings. The number of amides is 1. The Labute approximate surface area is 174 Å². The van der Waals surface area contributed by atoms with Crippen molar-refractivity contribution in [3.8, 4) is 0 Å². The summed E-state index contributed by atoms with van der Waals surface area (Å²) in [6, 6.07) is 12.0. The molecule has 1 aliphatic rings. The molecule has 1 aliphatic carbocycles. The number of thioether (sulfide) groups is 1. The maximum atomic E-state index is 12.9. The Morgan fingerprint density at radius 3 is 2.62 bits per heavy atom. The lowest BCUT2D eigenvalue weighted by atomic mass is 9.86. The molecule has 0 bridgehead atoms. The van der Waals surface area contributed by atoms with Gasteiger partial charge in [0.2, 0.25) is 5.91 Å². The zero-order valence-corrected chi connectivity index (χ0v) is 18.0. The standard InChI is InChI=1S/C23H27N3O2S/c1-14-8-4-7-11-19(14)24-21(27)15(2)29-23-25-20-13-17-10-6-5-9-16(17)12-18(20)22(28)26(23)3/h5-6,9-10,12-15,19H,4,7-8,11H2,1-3H3,(H,24,27)/t14-,15+,19+/m0/s1. The molecule has 2 aromatic carbocycles. The minimum absolute atomic E-state index is 0.0154. The third-order valence-electron chi connectivity index (χ3n) is 5.99. The number of aromatic nitrogens is 2. The van der Waals surface area contributed by atoms with Gasteiger partial charge in [0.05, 0.1) is 16.2 Å². The van der Waals surface area contributed by atoms with Crippen molar-refractivity contribution >= 4 is 39.3 Å². The number of nitrogens with one attached hydrogen (secondary N) is 1. The Balaban J connectivity index is 1.59. The predicted octanol–water partition coefficient (Wildman–Crippen LogP) is 4.26. The molecular weight excluding hydrogens is 382 g/mol. The largest absolute Gasteiger partial charge is 0.352 e. The molecule has 6 heteroatoms. The van der Waals surface area contributed by atoms with Crippen molar-refractivity contribution in [2.75, 3.05) is 0 Å². The summed E-state index contributed by atoms with van der Waals surface area (Å²) in [5, 5.41) is 6.13. The number of carbonyl (C=O) groups excluding carboxylic acids is 1. The molecule has 3 aromatic rings. The van der Waals surface area contributed by atoms with Crippen LogP contribution in [0.25, 0.3) is 21.7 Å². The van der Waals surface area contributed by atoms with Crippen LogP contribution in [0.5, 0.6) is 0 Å². The first-order valence-electron chi connectivity index (χ1n) is 10.3. The molecule has 4 rings (SSSR count). The predicted molar refractivity (Wildman–Crippen MR) is 119 cm³/mol. The van der Waals surface area contributed by atoms with E-state index in [9.17, 15) is 9.59 Å². The van der Waals surface area contributed by atoms with E-state index in [0.717, 1.165) is 17.2 Å². The lowest BCUT2D eigenvalue weighted by Crippen LogP contribution is -2.44. The first-order chi connectivity index (χ1) is 13.9. The quantitative estimate of drug-likeness (QED) is 0.397. The van der Waals surface area contributed by atoms with Gasteiger partial charge in [0.15, 0.2) is 5.16 Å². The van der Waals surface area contributed by atoms with E-state index in [1.54, 1.807) is 11.6 Å². The summed E-state index contributed by atoms with van der Waals surface area (Å²) in [7, 11) is 1.72. The van der Waals surface area contributed by atoms with Crippen LogP contribution in [-0.2, 0) is 11.8 Å². The van der Waals surface area contributed by atoms with Gasteiger partial charge in [-0.3, -0.25) is 14.2 Å². The van der Waals surface area contributed by atoms with E-state index in [1.807, 2.05) is 43.3 Å². The fourth-order valence-corrected chi connectivity index (χ4v) is 4.97. The van der Waals surface area contributed by atoms with Crippen molar-refractivity contribution in [2.24, 2.45) is 13.0 Å². The molecule has 0 radical (unpaired) electrons. The van der Waals surface area contributed by atoms with E-state index in [2.05, 4.69) is 12.2 Å². The van der Waals surface area contributed by atoms with E-state index in [-0.39, 0.29) is 22.8 Å². The molecule has 0 saturated heterocycles. The van der Waals surface area contributed by atoms with Gasteiger partial charge in [-0.1, -0.05) is 55.8 Å². The van der Waals surface area contributed by atoms with Crippen LogP contribution >= 0.6 is 11.8 Å². The van der Waals surface area contributed by atoms with Gasteiger partial charge < -0.3 is 5.32 Å². The first kappa shape index (κ1) is 20.0. The van der Waals surface area contributed by atoms with Crippen molar-refractivity contribution in [1.82, 2.24) is 14.9 Å². The Kier molecular flexibility index (Phi) is 5.63. The summed E-state index contributed by atoms with van der Waals surface area (Å²) in [6.45, 7) is 4.09. The number of nitrogens with zero attached hydrogens (tertiary/aromatic N) is 2. The molecule has 1 heterocycles. The van der Waals surface area contributed by atoms with Crippen LogP contribution in [-0.4, -0.2) is 26.8 Å². The van der Waals surface area contributed by atoms with Gasteiger partial charge in [0, 0.05) is 13.1 Å². The van der Waals surface area contributed by atoms with Crippen molar-refractivity contribution in [3.63, 3.8) is 0 Å². The lowest BCUT2D eigenvalue weighted by Gasteiger charge is -2.30. The van der Waals surface area contributed by atoms with Crippen LogP contribution < -0.4 is 10.9 Å². The molecule has 1 aromatic heterocycles. The van der Waals surface area contributed by atoms with Crippen LogP contribution in [0.15, 0.2) is 46.3 Å². The number of hydrogen-bond donors (Lipinski definition) is 1. The zero-order valence-electron chi connectivity index (χ0n) is 17.1. The average Bonchev–Trinajstić information content (AvgIpc) is 2.72. The summed E-state index contributed by atoms with van der Waals surface area (Å²) >= 11 is 1.34. The minimum atomic E-state index is -0.319. The smallest absolute Gasteiger partial charge is 0.261 e. The second kappa shape index (κ2) is 8.19. The van der Waals surface area contributed by atoms with Crippen LogP contribution in [0.1, 0.15) is 39.5 Å². The van der Waals surface area contributed by atoms with Crippen molar-refractivity contribution < 1.29 is 4.79 Å². The van der Waals surface area contributed by atoms with Crippen LogP contribution in [0.4, 0.5) is 0 Å². The fraction of sp³-hybridized carbons (Fsp3) is 0.435. The molecule has 152 valence electrons. The van der Waals surface area contributed by atoms with Crippen molar-refractivity contribution in [2.45, 2.75) is 56.0 Å². The van der Waals surface area contributed by atoms with Gasteiger partial charge in [0.1, 0.15) is 0 Å². The third kappa shape index (κ3) is 4.04. The summed E-state index contributed by atoms with van der Waals surface area (Å²) in [6.07, 6.45) is 4.63. The van der Waals surface area contributed by atoms with Crippen LogP contribution in [0, 0.1) is 5.92 Å². The molecule has 5 nitrogen and oxygen atoms in total. The van der Waals surface area contributed by atoms with Crippen LogP contribution in [0.3, 0.4) is 0 Å². The molecular formula is C23H27N3O2S. The van der Waals surface area contributed by atoms with Crippen molar-refractivity contribution in [3.05, 3.63) is 46.8 Å². The van der Waals surface area contributed by atoms with Gasteiger partial charge in [0.25, 0.3) is 5.56 Å². The Bertz CT molecular complexity index is 1120. The number of rotatable bonds is 4. The van der Waals surface area contributed by atoms with Gasteiger partial charge in [-0.05, 0) is 48.6 Å². The second-order valence-corrected chi connectivity index (χ2v) is 9.42. The number of fused-ring (bicyclic) bond motifs is 2. The van der Waals surface area contributed by atoms with E-state index >= 15 is 0 Å². The summed E-state index contributed by atoms with van der Waals surface area (Å²) < 4.78 is 1.55. The van der Waals surface area contributed by atoms with E-state index in [4.69, 9.17) is 4.98 Å². The molecule has 1 saturated carbocycles. The molecule has 0 aliphatic heterocycles. The lowest BCUT2D eigenvalue weighted by molar-refractivity contribution is -0.121. The normalized spacial score (nSPS) is 20.7. The third-order valence-corrected chi connectivity index (χ3v) is 7.14. The molecule has 0 spiro atoms. The Morgan fingerprint density at radius 1 is 1.21 bits per heavy atom. The van der Waals surface area contributed by atoms with Gasteiger partial charge >= 0.3 is 0 Å². The highest BCUT2D eigenvalue weighted by Gasteiger charge is 2.26. The number of hydrogen-bond acceptors (Lipinski definition) is 4. The SMILES string of the molecule is C[C@@H](Sc1nc2cc3ccccc3cc2c(=O)n1C)C(=O)N[C@@H]1CCCC[C@@H]1C. The first-order valence-corrected chi connectivity index (χ1v) is 11.2. The molecule has 1 amide bonds. The summed E-state index contributed by atoms with van der Waals surface area (Å²) in [5.74, 6) is 0.530. The van der Waals surface area contributed by atoms with Crippen molar-refractivity contribution in [1.29, 1.82) is 0 Å². The van der Waals surface area contributed by atoms with Crippen LogP contribution in [0.2, 0.25) is 0 Å². The summed E-state index contributed by atoms with van der Waals surface area (Å²) in [5.41, 5.74) is 0.583. The van der Waals surface area contributed by atoms with Gasteiger partial charge in [-0.25, -0.2) is 4.98 Å². The number of carbonyl (C=O) groups is 1. The van der Waals surface area contributed by atoms with E-state index in [1.165, 1.54) is 31.0 Å². The minimum Gasteiger partial charge on any atom is -0.352 e. The maximum absolute atomic E-state index is 12.9. The highest BCUT2D eigenvalue weighted by Crippen LogP contribution is 2.27. The Morgan fingerprint density at radius 2 is 1.90 bits per heavy atom. The second-order valence-electron chi connectivity index (χ2n) is 8.11. The van der Waals surface area contributed by atoms with Gasteiger partial charge in [-0.2, -0.15) is 0 Å². The fourth-order valence-electron chi connectivity index (χ4n) is 4.09. The average molecular weight is 410 g/mol. The highest BCUT2D eigenvalue weighted by molar-refractivity contribution is 8.00. The monoisotopic (exact) mass is 409 g/mol. The van der Waals surface area contributed by atoms with E-state index in [0.29, 0.717) is 22.0 Å². The highest BCUT2D eigenvalue weighted by atomic mass is 32.2. The molecule has 0 unspecified atom stereocenters. The van der Waals surface area contributed by atoms with Gasteiger partial charge in [-0.15, -0.1) is 0 Å². The topological polar surface area (TPSA) is 64.0 Å². The van der Waals surface area contributed by atoms with E-state index < -0.39 is 0 Å². The number of benzene rings is 2. The maximum Gasteiger partial charge on any atom is 0.261 e. The summed E-state index contributed by atoms with van der Waals surface area (Å²) in [4.78, 5) is 30.4. The molecule has 1 N–H and O–H groups in total. The molecule has 29 heavy (non-hydrogen) atoms.